The normalized spacial score (nSPS) is 14.7. The molecule has 1 aromatic heterocycles. The molecule has 5 nitrogen and oxygen atoms in total. The Morgan fingerprint density at radius 3 is 3.06 bits per heavy atom. The minimum atomic E-state index is -0.261. The van der Waals surface area contributed by atoms with E-state index in [2.05, 4.69) is 5.16 Å². The predicted molar refractivity (Wildman–Crippen MR) is 64.2 cm³/mol. The van der Waals surface area contributed by atoms with E-state index >= 15 is 0 Å². The van der Waals surface area contributed by atoms with E-state index in [0.717, 1.165) is 16.9 Å². The Morgan fingerprint density at radius 1 is 1.61 bits per heavy atom. The molecule has 0 unspecified atom stereocenters. The van der Waals surface area contributed by atoms with Gasteiger partial charge in [-0.05, 0) is 25.3 Å². The van der Waals surface area contributed by atoms with E-state index in [-0.39, 0.29) is 12.5 Å². The van der Waals surface area contributed by atoms with E-state index in [0.29, 0.717) is 24.2 Å². The third-order valence-corrected chi connectivity index (χ3v) is 2.87. The summed E-state index contributed by atoms with van der Waals surface area (Å²) >= 11 is 0. The first-order valence-electron chi connectivity index (χ1n) is 5.74. The number of amides is 2. The van der Waals surface area contributed by atoms with E-state index in [1.807, 2.05) is 19.1 Å². The summed E-state index contributed by atoms with van der Waals surface area (Å²) < 4.78 is 4.90. The number of nitrogens with zero attached hydrogens (tertiary/aromatic N) is 2. The maximum atomic E-state index is 12.2. The van der Waals surface area contributed by atoms with Crippen LogP contribution < -0.4 is 0 Å². The Bertz CT molecular complexity index is 500. The van der Waals surface area contributed by atoms with Gasteiger partial charge in [-0.25, -0.2) is 0 Å². The molecule has 0 saturated heterocycles. The van der Waals surface area contributed by atoms with Gasteiger partial charge in [0.2, 0.25) is 6.41 Å². The van der Waals surface area contributed by atoms with Gasteiger partial charge in [-0.2, -0.15) is 0 Å². The Hall–Kier alpha value is -2.17. The second-order valence-electron chi connectivity index (χ2n) is 4.12. The van der Waals surface area contributed by atoms with Crippen LogP contribution in [0.15, 0.2) is 40.1 Å². The first kappa shape index (κ1) is 12.3. The van der Waals surface area contributed by atoms with Crippen molar-refractivity contribution in [1.82, 2.24) is 10.1 Å². The third-order valence-electron chi connectivity index (χ3n) is 2.87. The maximum Gasteiger partial charge on any atom is 0.256 e. The highest BCUT2D eigenvalue weighted by atomic mass is 16.5. The fraction of sp³-hybridized carbons (Fsp3) is 0.308. The first-order chi connectivity index (χ1) is 8.72. The lowest BCUT2D eigenvalue weighted by atomic mass is 9.97. The smallest absolute Gasteiger partial charge is 0.256 e. The molecular formula is C13H14N2O3. The van der Waals surface area contributed by atoms with Gasteiger partial charge in [0, 0.05) is 11.6 Å². The van der Waals surface area contributed by atoms with Gasteiger partial charge >= 0.3 is 0 Å². The molecule has 1 heterocycles. The summed E-state index contributed by atoms with van der Waals surface area (Å²) in [6.45, 7) is 1.99. The molecule has 0 aliphatic heterocycles. The van der Waals surface area contributed by atoms with Crippen LogP contribution in [-0.2, 0) is 16.1 Å². The third kappa shape index (κ3) is 2.56. The molecule has 18 heavy (non-hydrogen) atoms. The largest absolute Gasteiger partial charge is 0.359 e. The molecule has 5 heteroatoms. The van der Waals surface area contributed by atoms with E-state index in [1.54, 1.807) is 6.07 Å². The van der Waals surface area contributed by atoms with E-state index in [9.17, 15) is 9.59 Å². The SMILES string of the molecule is CC1=C(C(=O)N(C=O)Cc2ccno2)CCC=C1. The number of carbonyl (C=O) groups is 2. The summed E-state index contributed by atoms with van der Waals surface area (Å²) in [6, 6.07) is 1.63. The van der Waals surface area contributed by atoms with Crippen molar-refractivity contribution in [3.05, 3.63) is 41.3 Å². The van der Waals surface area contributed by atoms with Crippen LogP contribution in [0.4, 0.5) is 0 Å². The molecule has 1 aromatic rings. The average Bonchev–Trinajstić information content (AvgIpc) is 2.88. The standard InChI is InChI=1S/C13H14N2O3/c1-10-4-2-3-5-12(10)13(17)15(9-16)8-11-6-7-14-18-11/h2,4,6-7,9H,3,5,8H2,1H3. The Kier molecular flexibility index (Phi) is 3.72. The van der Waals surface area contributed by atoms with Gasteiger partial charge in [0.05, 0.1) is 12.7 Å². The quantitative estimate of drug-likeness (QED) is 0.760. The molecule has 0 bridgehead atoms. The Balaban J connectivity index is 2.15. The van der Waals surface area contributed by atoms with Gasteiger partial charge in [-0.15, -0.1) is 0 Å². The summed E-state index contributed by atoms with van der Waals surface area (Å²) in [5.41, 5.74) is 1.60. The summed E-state index contributed by atoms with van der Waals surface area (Å²) in [4.78, 5) is 24.3. The summed E-state index contributed by atoms with van der Waals surface area (Å²) in [7, 11) is 0. The maximum absolute atomic E-state index is 12.2. The highest BCUT2D eigenvalue weighted by Gasteiger charge is 2.21. The first-order valence-corrected chi connectivity index (χ1v) is 5.74. The molecule has 1 aliphatic carbocycles. The van der Waals surface area contributed by atoms with Crippen LogP contribution >= 0.6 is 0 Å². The van der Waals surface area contributed by atoms with Crippen molar-refractivity contribution in [2.45, 2.75) is 26.3 Å². The van der Waals surface area contributed by atoms with Gasteiger partial charge in [-0.1, -0.05) is 17.3 Å². The second-order valence-corrected chi connectivity index (χ2v) is 4.12. The van der Waals surface area contributed by atoms with Crippen molar-refractivity contribution in [3.8, 4) is 0 Å². The van der Waals surface area contributed by atoms with Crippen molar-refractivity contribution < 1.29 is 14.1 Å². The molecule has 0 radical (unpaired) electrons. The summed E-state index contributed by atoms with van der Waals surface area (Å²) in [5.74, 6) is 0.225. The Morgan fingerprint density at radius 2 is 2.44 bits per heavy atom. The molecular weight excluding hydrogens is 232 g/mol. The van der Waals surface area contributed by atoms with E-state index in [4.69, 9.17) is 4.52 Å². The lowest BCUT2D eigenvalue weighted by molar-refractivity contribution is -0.136. The van der Waals surface area contributed by atoms with Crippen LogP contribution in [0.1, 0.15) is 25.5 Å². The number of allylic oxidation sites excluding steroid dienone is 3. The monoisotopic (exact) mass is 246 g/mol. The van der Waals surface area contributed by atoms with Gasteiger partial charge in [-0.3, -0.25) is 14.5 Å². The fourth-order valence-corrected chi connectivity index (χ4v) is 1.88. The van der Waals surface area contributed by atoms with Crippen LogP contribution in [0.5, 0.6) is 0 Å². The van der Waals surface area contributed by atoms with Crippen molar-refractivity contribution in [1.29, 1.82) is 0 Å². The van der Waals surface area contributed by atoms with Gasteiger partial charge in [0.15, 0.2) is 5.76 Å². The molecule has 1 aliphatic rings. The lowest BCUT2D eigenvalue weighted by Crippen LogP contribution is -2.31. The molecule has 0 N–H and O–H groups in total. The van der Waals surface area contributed by atoms with Crippen LogP contribution in [0.3, 0.4) is 0 Å². The Labute approximate surface area is 105 Å². The fourth-order valence-electron chi connectivity index (χ4n) is 1.88. The zero-order valence-electron chi connectivity index (χ0n) is 10.1. The van der Waals surface area contributed by atoms with Crippen LogP contribution in [0.25, 0.3) is 0 Å². The summed E-state index contributed by atoms with van der Waals surface area (Å²) in [6.07, 6.45) is 7.44. The zero-order valence-corrected chi connectivity index (χ0v) is 10.1. The molecule has 0 atom stereocenters. The number of carbonyl (C=O) groups excluding carboxylic acids is 2. The van der Waals surface area contributed by atoms with Crippen molar-refractivity contribution in [2.75, 3.05) is 0 Å². The van der Waals surface area contributed by atoms with Gasteiger partial charge in [0.25, 0.3) is 5.91 Å². The number of aromatic nitrogens is 1. The molecule has 0 spiro atoms. The minimum Gasteiger partial charge on any atom is -0.359 e. The second kappa shape index (κ2) is 5.44. The molecule has 94 valence electrons. The highest BCUT2D eigenvalue weighted by molar-refractivity contribution is 6.00. The number of hydrogen-bond donors (Lipinski definition) is 0. The summed E-state index contributed by atoms with van der Waals surface area (Å²) in [5, 5.41) is 3.54. The predicted octanol–water partition coefficient (Wildman–Crippen LogP) is 1.83. The molecule has 0 saturated carbocycles. The van der Waals surface area contributed by atoms with Crippen LogP contribution in [0, 0.1) is 0 Å². The average molecular weight is 246 g/mol. The van der Waals surface area contributed by atoms with Crippen molar-refractivity contribution in [3.63, 3.8) is 0 Å². The topological polar surface area (TPSA) is 63.4 Å². The number of rotatable bonds is 4. The highest BCUT2D eigenvalue weighted by Crippen LogP contribution is 2.21. The number of hydrogen-bond acceptors (Lipinski definition) is 4. The van der Waals surface area contributed by atoms with E-state index < -0.39 is 0 Å². The molecule has 0 fully saturated rings. The molecule has 0 aromatic carbocycles. The lowest BCUT2D eigenvalue weighted by Gasteiger charge is -2.18. The van der Waals surface area contributed by atoms with Crippen molar-refractivity contribution in [2.24, 2.45) is 0 Å². The number of imide groups is 1. The van der Waals surface area contributed by atoms with Crippen LogP contribution in [-0.4, -0.2) is 22.4 Å². The molecule has 2 rings (SSSR count). The van der Waals surface area contributed by atoms with E-state index in [1.165, 1.54) is 6.20 Å². The molecule has 2 amide bonds. The van der Waals surface area contributed by atoms with Gasteiger partial charge in [0.1, 0.15) is 0 Å². The van der Waals surface area contributed by atoms with Crippen molar-refractivity contribution >= 4 is 12.3 Å². The zero-order chi connectivity index (χ0) is 13.0. The van der Waals surface area contributed by atoms with Gasteiger partial charge < -0.3 is 4.52 Å². The minimum absolute atomic E-state index is 0.114. The van der Waals surface area contributed by atoms with Crippen LogP contribution in [0.2, 0.25) is 0 Å².